The molecule has 0 radical (unpaired) electrons. The normalized spacial score (nSPS) is 14.5. The molecule has 2 rings (SSSR count). The van der Waals surface area contributed by atoms with E-state index in [0.29, 0.717) is 23.9 Å². The molecule has 1 heterocycles. The monoisotopic (exact) mass is 237 g/mol. The molecule has 1 fully saturated rings. The van der Waals surface area contributed by atoms with Gasteiger partial charge in [0, 0.05) is 19.1 Å². The van der Waals surface area contributed by atoms with E-state index in [1.807, 2.05) is 0 Å². The number of hydrogen-bond donors (Lipinski definition) is 3. The van der Waals surface area contributed by atoms with Crippen LogP contribution in [0, 0.1) is 0 Å². The van der Waals surface area contributed by atoms with Crippen LogP contribution in [0.1, 0.15) is 26.7 Å². The maximum atomic E-state index is 5.37. The van der Waals surface area contributed by atoms with Crippen molar-refractivity contribution in [3.05, 3.63) is 0 Å². The van der Waals surface area contributed by atoms with E-state index in [-0.39, 0.29) is 0 Å². The predicted octanol–water partition coefficient (Wildman–Crippen LogP) is 0.578. The number of hydrogen-bond acceptors (Lipinski definition) is 7. The Hall–Kier alpha value is -1.63. The zero-order valence-electron chi connectivity index (χ0n) is 10.3. The van der Waals surface area contributed by atoms with Crippen LogP contribution in [0.5, 0.6) is 0 Å². The van der Waals surface area contributed by atoms with E-state index in [4.69, 9.17) is 5.84 Å². The van der Waals surface area contributed by atoms with Gasteiger partial charge in [0.2, 0.25) is 17.8 Å². The average Bonchev–Trinajstić information content (AvgIpc) is 3.14. The second kappa shape index (κ2) is 5.13. The number of anilines is 3. The van der Waals surface area contributed by atoms with Crippen molar-refractivity contribution in [2.24, 2.45) is 5.84 Å². The van der Waals surface area contributed by atoms with Crippen molar-refractivity contribution in [1.82, 2.24) is 15.0 Å². The van der Waals surface area contributed by atoms with E-state index in [0.717, 1.165) is 13.1 Å². The van der Waals surface area contributed by atoms with Crippen LogP contribution in [0.15, 0.2) is 0 Å². The molecule has 1 aliphatic carbocycles. The summed E-state index contributed by atoms with van der Waals surface area (Å²) in [6, 6.07) is 0.507. The summed E-state index contributed by atoms with van der Waals surface area (Å²) in [7, 11) is 0. The molecule has 0 unspecified atom stereocenters. The summed E-state index contributed by atoms with van der Waals surface area (Å²) < 4.78 is 0. The van der Waals surface area contributed by atoms with Gasteiger partial charge < -0.3 is 10.2 Å². The first-order valence-corrected chi connectivity index (χ1v) is 6.01. The molecular formula is C10H19N7. The molecule has 0 amide bonds. The molecule has 4 N–H and O–H groups in total. The Morgan fingerprint density at radius 3 is 2.35 bits per heavy atom. The predicted molar refractivity (Wildman–Crippen MR) is 67.8 cm³/mol. The number of aromatic nitrogens is 3. The lowest BCUT2D eigenvalue weighted by Gasteiger charge is -2.19. The largest absolute Gasteiger partial charge is 0.351 e. The summed E-state index contributed by atoms with van der Waals surface area (Å²) in [4.78, 5) is 14.9. The average molecular weight is 237 g/mol. The third-order valence-corrected chi connectivity index (χ3v) is 2.71. The number of nitrogens with zero attached hydrogens (tertiary/aromatic N) is 4. The van der Waals surface area contributed by atoms with Crippen molar-refractivity contribution in [3.8, 4) is 0 Å². The van der Waals surface area contributed by atoms with Crippen LogP contribution in [-0.4, -0.2) is 34.1 Å². The standard InChI is InChI=1S/C10H19N7/c1-3-17(4-2)10-14-8(12-7-5-6-7)13-9(15-10)16-11/h7H,3-6,11H2,1-2H3,(H2,12,13,14,15,16). The third-order valence-electron chi connectivity index (χ3n) is 2.71. The lowest BCUT2D eigenvalue weighted by molar-refractivity contribution is 0.811. The molecule has 1 aliphatic rings. The van der Waals surface area contributed by atoms with Crippen molar-refractivity contribution in [2.75, 3.05) is 28.7 Å². The fourth-order valence-electron chi connectivity index (χ4n) is 1.55. The molecule has 7 nitrogen and oxygen atoms in total. The summed E-state index contributed by atoms with van der Waals surface area (Å²) in [6.45, 7) is 5.84. The maximum Gasteiger partial charge on any atom is 0.243 e. The van der Waals surface area contributed by atoms with E-state index < -0.39 is 0 Å². The first-order valence-electron chi connectivity index (χ1n) is 6.01. The highest BCUT2D eigenvalue weighted by atomic mass is 15.4. The smallest absolute Gasteiger partial charge is 0.243 e. The van der Waals surface area contributed by atoms with E-state index in [9.17, 15) is 0 Å². The first-order chi connectivity index (χ1) is 8.26. The Kier molecular flexibility index (Phi) is 3.58. The Bertz CT molecular complexity index is 373. The minimum atomic E-state index is 0.394. The van der Waals surface area contributed by atoms with Gasteiger partial charge in [0.05, 0.1) is 0 Å². The van der Waals surface area contributed by atoms with Gasteiger partial charge in [0.25, 0.3) is 0 Å². The van der Waals surface area contributed by atoms with Crippen LogP contribution in [-0.2, 0) is 0 Å². The third kappa shape index (κ3) is 2.94. The van der Waals surface area contributed by atoms with Crippen LogP contribution in [0.4, 0.5) is 17.8 Å². The molecule has 17 heavy (non-hydrogen) atoms. The lowest BCUT2D eigenvalue weighted by Crippen LogP contribution is -2.26. The second-order valence-electron chi connectivity index (χ2n) is 4.02. The van der Waals surface area contributed by atoms with Gasteiger partial charge in [-0.1, -0.05) is 0 Å². The van der Waals surface area contributed by atoms with Gasteiger partial charge in [0.1, 0.15) is 0 Å². The fraction of sp³-hybridized carbons (Fsp3) is 0.700. The highest BCUT2D eigenvalue weighted by molar-refractivity contribution is 5.44. The molecule has 1 aromatic heterocycles. The highest BCUT2D eigenvalue weighted by Gasteiger charge is 2.23. The number of hydrazine groups is 1. The van der Waals surface area contributed by atoms with E-state index in [1.54, 1.807) is 0 Å². The molecule has 0 aromatic carbocycles. The van der Waals surface area contributed by atoms with Crippen LogP contribution >= 0.6 is 0 Å². The summed E-state index contributed by atoms with van der Waals surface area (Å²) in [5, 5.41) is 3.25. The van der Waals surface area contributed by atoms with Crippen LogP contribution < -0.4 is 21.5 Å². The van der Waals surface area contributed by atoms with Gasteiger partial charge >= 0.3 is 0 Å². The minimum Gasteiger partial charge on any atom is -0.351 e. The van der Waals surface area contributed by atoms with Crippen LogP contribution in [0.25, 0.3) is 0 Å². The molecule has 0 bridgehead atoms. The quantitative estimate of drug-likeness (QED) is 0.492. The molecule has 0 spiro atoms. The Labute approximate surface area is 101 Å². The molecule has 1 aromatic rings. The number of nitrogen functional groups attached to an aromatic ring is 1. The topological polar surface area (TPSA) is 92.0 Å². The van der Waals surface area contributed by atoms with E-state index in [2.05, 4.69) is 44.4 Å². The maximum absolute atomic E-state index is 5.37. The van der Waals surface area contributed by atoms with Gasteiger partial charge in [-0.2, -0.15) is 15.0 Å². The van der Waals surface area contributed by atoms with Crippen molar-refractivity contribution in [2.45, 2.75) is 32.7 Å². The summed E-state index contributed by atoms with van der Waals surface area (Å²) >= 11 is 0. The lowest BCUT2D eigenvalue weighted by atomic mass is 10.5. The van der Waals surface area contributed by atoms with Crippen LogP contribution in [0.2, 0.25) is 0 Å². The number of nitrogens with two attached hydrogens (primary N) is 1. The minimum absolute atomic E-state index is 0.394. The number of nitrogens with one attached hydrogen (secondary N) is 2. The summed E-state index contributed by atoms with van der Waals surface area (Å²) in [5.74, 6) is 7.01. The van der Waals surface area contributed by atoms with Gasteiger partial charge in [-0.15, -0.1) is 0 Å². The Morgan fingerprint density at radius 1 is 1.18 bits per heavy atom. The van der Waals surface area contributed by atoms with Crippen molar-refractivity contribution in [3.63, 3.8) is 0 Å². The first kappa shape index (κ1) is 11.8. The molecule has 0 aliphatic heterocycles. The molecule has 7 heteroatoms. The Balaban J connectivity index is 2.23. The van der Waals surface area contributed by atoms with Gasteiger partial charge in [-0.3, -0.25) is 5.43 Å². The van der Waals surface area contributed by atoms with Crippen molar-refractivity contribution in [1.29, 1.82) is 0 Å². The van der Waals surface area contributed by atoms with Gasteiger partial charge in [-0.05, 0) is 26.7 Å². The molecule has 94 valence electrons. The van der Waals surface area contributed by atoms with Crippen LogP contribution in [0.3, 0.4) is 0 Å². The fourth-order valence-corrected chi connectivity index (χ4v) is 1.55. The zero-order chi connectivity index (χ0) is 12.3. The van der Waals surface area contributed by atoms with Gasteiger partial charge in [0.15, 0.2) is 0 Å². The molecular weight excluding hydrogens is 218 g/mol. The van der Waals surface area contributed by atoms with Crippen molar-refractivity contribution < 1.29 is 0 Å². The summed E-state index contributed by atoms with van der Waals surface area (Å²) in [6.07, 6.45) is 2.36. The Morgan fingerprint density at radius 2 is 1.82 bits per heavy atom. The van der Waals surface area contributed by atoms with Gasteiger partial charge in [-0.25, -0.2) is 5.84 Å². The molecule has 1 saturated carbocycles. The van der Waals surface area contributed by atoms with E-state index in [1.165, 1.54) is 12.8 Å². The van der Waals surface area contributed by atoms with E-state index >= 15 is 0 Å². The summed E-state index contributed by atoms with van der Waals surface area (Å²) in [5.41, 5.74) is 2.48. The second-order valence-corrected chi connectivity index (χ2v) is 4.02. The van der Waals surface area contributed by atoms with Crippen molar-refractivity contribution >= 4 is 17.8 Å². The highest BCUT2D eigenvalue weighted by Crippen LogP contribution is 2.24. The molecule has 0 saturated heterocycles. The zero-order valence-corrected chi connectivity index (χ0v) is 10.3. The number of rotatable bonds is 6. The molecule has 0 atom stereocenters. The SMILES string of the molecule is CCN(CC)c1nc(NN)nc(NC2CC2)n1.